The van der Waals surface area contributed by atoms with Gasteiger partial charge in [0.25, 0.3) is 0 Å². The second-order valence-corrected chi connectivity index (χ2v) is 19.7. The van der Waals surface area contributed by atoms with E-state index in [9.17, 15) is 0 Å². The Bertz CT molecular complexity index is 4210. The van der Waals surface area contributed by atoms with Crippen molar-refractivity contribution in [1.29, 1.82) is 0 Å². The normalized spacial score (nSPS) is 11.8. The maximum atomic E-state index is 5.40. The number of hydrogen-bond acceptors (Lipinski definition) is 5. The van der Waals surface area contributed by atoms with Crippen LogP contribution in [0, 0.1) is 0 Å². The van der Waals surface area contributed by atoms with Crippen LogP contribution in [-0.2, 0) is 0 Å². The fourth-order valence-corrected chi connectivity index (χ4v) is 12.5. The molecule has 4 aromatic heterocycles. The van der Waals surface area contributed by atoms with Gasteiger partial charge < -0.3 is 4.57 Å². The molecule has 10 aromatic carbocycles. The first-order valence-electron chi connectivity index (χ1n) is 23.2. The van der Waals surface area contributed by atoms with Crippen LogP contribution in [0.1, 0.15) is 0 Å². The topological polar surface area (TPSA) is 43.6 Å². The molecule has 6 heteroatoms. The standard InChI is InChI=1S/C63H38N4S2/c1-4-15-39(16-5-1)42-28-32-55-52(35-42)53-36-43(40-17-6-2-7-18-40)29-33-56(53)67(55)54-34-30-44(37-51(54)41-19-8-3-9-20-41)61-64-62(45-27-31-48-46-21-10-12-25-57(46)68-59(48)38-45)66-63(65-61)50-24-14-23-49-47-22-11-13-26-58(47)69-60(49)50/h1-38H. The molecule has 0 fully saturated rings. The van der Waals surface area contributed by atoms with Crippen molar-refractivity contribution in [3.63, 3.8) is 0 Å². The number of benzene rings is 10. The Balaban J connectivity index is 0.997. The third kappa shape index (κ3) is 6.68. The Labute approximate surface area is 405 Å². The van der Waals surface area contributed by atoms with E-state index >= 15 is 0 Å². The third-order valence-electron chi connectivity index (χ3n) is 13.5. The van der Waals surface area contributed by atoms with Crippen LogP contribution in [0.4, 0.5) is 0 Å². The molecule has 0 saturated carbocycles. The van der Waals surface area contributed by atoms with Crippen LogP contribution in [-0.4, -0.2) is 19.5 Å². The molecular formula is C63H38N4S2. The van der Waals surface area contributed by atoms with E-state index < -0.39 is 0 Å². The van der Waals surface area contributed by atoms with Crippen LogP contribution in [0.15, 0.2) is 231 Å². The van der Waals surface area contributed by atoms with Crippen molar-refractivity contribution in [1.82, 2.24) is 19.5 Å². The Morgan fingerprint density at radius 3 is 1.42 bits per heavy atom. The van der Waals surface area contributed by atoms with E-state index in [1.807, 2.05) is 0 Å². The smallest absolute Gasteiger partial charge is 0.165 e. The third-order valence-corrected chi connectivity index (χ3v) is 15.8. The van der Waals surface area contributed by atoms with E-state index in [1.54, 1.807) is 22.7 Å². The predicted octanol–water partition coefficient (Wildman–Crippen LogP) is 17.7. The zero-order valence-corrected chi connectivity index (χ0v) is 38.7. The van der Waals surface area contributed by atoms with E-state index in [1.165, 1.54) is 73.4 Å². The van der Waals surface area contributed by atoms with Crippen LogP contribution in [0.3, 0.4) is 0 Å². The first kappa shape index (κ1) is 39.6. The van der Waals surface area contributed by atoms with Crippen molar-refractivity contribution in [2.24, 2.45) is 0 Å². The molecule has 14 aromatic rings. The van der Waals surface area contributed by atoms with Gasteiger partial charge in [-0.2, -0.15) is 0 Å². The molecule has 0 radical (unpaired) electrons. The molecule has 69 heavy (non-hydrogen) atoms. The molecule has 0 aliphatic rings. The van der Waals surface area contributed by atoms with Gasteiger partial charge in [-0.1, -0.05) is 164 Å². The van der Waals surface area contributed by atoms with Gasteiger partial charge in [-0.15, -0.1) is 22.7 Å². The van der Waals surface area contributed by atoms with Gasteiger partial charge in [0.2, 0.25) is 0 Å². The van der Waals surface area contributed by atoms with Gasteiger partial charge >= 0.3 is 0 Å². The molecule has 0 atom stereocenters. The molecule has 0 amide bonds. The molecule has 322 valence electrons. The van der Waals surface area contributed by atoms with Crippen LogP contribution in [0.25, 0.3) is 135 Å². The number of nitrogens with zero attached hydrogens (tertiary/aromatic N) is 4. The monoisotopic (exact) mass is 914 g/mol. The first-order valence-corrected chi connectivity index (χ1v) is 24.8. The van der Waals surface area contributed by atoms with Crippen molar-refractivity contribution < 1.29 is 0 Å². The molecule has 4 heterocycles. The molecular weight excluding hydrogens is 877 g/mol. The highest BCUT2D eigenvalue weighted by molar-refractivity contribution is 7.26. The zero-order chi connectivity index (χ0) is 45.4. The number of aromatic nitrogens is 4. The highest BCUT2D eigenvalue weighted by Gasteiger charge is 2.21. The van der Waals surface area contributed by atoms with Gasteiger partial charge in [0.1, 0.15) is 0 Å². The van der Waals surface area contributed by atoms with E-state index in [-0.39, 0.29) is 0 Å². The van der Waals surface area contributed by atoms with E-state index in [4.69, 9.17) is 15.0 Å². The van der Waals surface area contributed by atoms with E-state index in [2.05, 4.69) is 235 Å². The largest absolute Gasteiger partial charge is 0.309 e. The second-order valence-electron chi connectivity index (χ2n) is 17.5. The summed E-state index contributed by atoms with van der Waals surface area (Å²) in [6.07, 6.45) is 0. The van der Waals surface area contributed by atoms with E-state index in [0.717, 1.165) is 44.5 Å². The number of rotatable bonds is 7. The SMILES string of the molecule is c1ccc(-c2ccc3c(c2)c2cc(-c4ccccc4)ccc2n3-c2ccc(-c3nc(-c4ccc5c(c4)sc4ccccc45)nc(-c4cccc5c4sc4ccccc45)n3)cc2-c2ccccc2)cc1. The molecule has 0 spiro atoms. The summed E-state index contributed by atoms with van der Waals surface area (Å²) in [4.78, 5) is 16.1. The number of fused-ring (bicyclic) bond motifs is 9. The summed E-state index contributed by atoms with van der Waals surface area (Å²) in [6, 6.07) is 82.9. The second kappa shape index (κ2) is 16.1. The molecule has 4 nitrogen and oxygen atoms in total. The first-order chi connectivity index (χ1) is 34.2. The van der Waals surface area contributed by atoms with Crippen LogP contribution in [0.2, 0.25) is 0 Å². The van der Waals surface area contributed by atoms with Crippen LogP contribution in [0.5, 0.6) is 0 Å². The summed E-state index contributed by atoms with van der Waals surface area (Å²) in [6.45, 7) is 0. The van der Waals surface area contributed by atoms with Gasteiger partial charge in [0.05, 0.1) is 16.7 Å². The van der Waals surface area contributed by atoms with Gasteiger partial charge in [0, 0.05) is 73.4 Å². The van der Waals surface area contributed by atoms with Crippen molar-refractivity contribution in [3.05, 3.63) is 231 Å². The van der Waals surface area contributed by atoms with Crippen LogP contribution >= 0.6 is 22.7 Å². The molecule has 0 aliphatic heterocycles. The molecule has 0 N–H and O–H groups in total. The van der Waals surface area contributed by atoms with Crippen LogP contribution < -0.4 is 0 Å². The Kier molecular flexibility index (Phi) is 9.22. The minimum atomic E-state index is 0.621. The minimum absolute atomic E-state index is 0.621. The van der Waals surface area contributed by atoms with E-state index in [0.29, 0.717) is 17.5 Å². The minimum Gasteiger partial charge on any atom is -0.309 e. The average Bonchev–Trinajstić information content (AvgIpc) is 4.10. The lowest BCUT2D eigenvalue weighted by Crippen LogP contribution is -2.02. The maximum absolute atomic E-state index is 5.40. The van der Waals surface area contributed by atoms with Crippen molar-refractivity contribution in [2.45, 2.75) is 0 Å². The maximum Gasteiger partial charge on any atom is 0.165 e. The predicted molar refractivity (Wildman–Crippen MR) is 293 cm³/mol. The Morgan fingerprint density at radius 2 is 0.768 bits per heavy atom. The quantitative estimate of drug-likeness (QED) is 0.160. The molecule has 0 aliphatic carbocycles. The summed E-state index contributed by atoms with van der Waals surface area (Å²) in [5.74, 6) is 1.92. The van der Waals surface area contributed by atoms with Gasteiger partial charge in [-0.3, -0.25) is 0 Å². The molecule has 0 saturated heterocycles. The summed E-state index contributed by atoms with van der Waals surface area (Å²) in [7, 11) is 0. The van der Waals surface area contributed by atoms with Gasteiger partial charge in [0.15, 0.2) is 17.5 Å². The van der Waals surface area contributed by atoms with Gasteiger partial charge in [-0.25, -0.2) is 15.0 Å². The van der Waals surface area contributed by atoms with Crippen molar-refractivity contribution in [3.8, 4) is 73.2 Å². The summed E-state index contributed by atoms with van der Waals surface area (Å²) in [5.41, 5.74) is 13.1. The lowest BCUT2D eigenvalue weighted by atomic mass is 9.99. The molecule has 0 bridgehead atoms. The Hall–Kier alpha value is -8.55. The molecule has 14 rings (SSSR count). The lowest BCUT2D eigenvalue weighted by Gasteiger charge is -2.16. The molecule has 0 unspecified atom stereocenters. The average molecular weight is 915 g/mol. The van der Waals surface area contributed by atoms with Crippen molar-refractivity contribution >= 4 is 84.8 Å². The Morgan fingerprint density at radius 1 is 0.275 bits per heavy atom. The lowest BCUT2D eigenvalue weighted by molar-refractivity contribution is 1.08. The fraction of sp³-hybridized carbons (Fsp3) is 0. The highest BCUT2D eigenvalue weighted by Crippen LogP contribution is 2.43. The fourth-order valence-electron chi connectivity index (χ4n) is 10.2. The summed E-state index contributed by atoms with van der Waals surface area (Å²) < 4.78 is 7.32. The highest BCUT2D eigenvalue weighted by atomic mass is 32.1. The number of hydrogen-bond donors (Lipinski definition) is 0. The zero-order valence-electron chi connectivity index (χ0n) is 37.0. The van der Waals surface area contributed by atoms with Gasteiger partial charge in [-0.05, 0) is 94.5 Å². The summed E-state index contributed by atoms with van der Waals surface area (Å²) in [5, 5.41) is 7.35. The van der Waals surface area contributed by atoms with Crippen molar-refractivity contribution in [2.75, 3.05) is 0 Å². The summed E-state index contributed by atoms with van der Waals surface area (Å²) >= 11 is 3.59. The number of thiophene rings is 2.